The molecule has 4 aliphatic heterocycles. The van der Waals surface area contributed by atoms with E-state index in [1.54, 1.807) is 19.9 Å². The van der Waals surface area contributed by atoms with Gasteiger partial charge in [-0.3, -0.25) is 4.79 Å². The number of aliphatic hydroxyl groups excluding tert-OH is 1. The molecule has 4 heterocycles. The SMILES string of the molecule is CC=C(C)C(=O)OC1OC2CC3C(C)(CCC4CCOC4O)C(C)CC(OC(C)=O)C13C1(CO1)C2. The molecule has 2 aliphatic carbocycles. The Kier molecular flexibility index (Phi) is 6.35. The van der Waals surface area contributed by atoms with Gasteiger partial charge in [0.1, 0.15) is 17.1 Å². The smallest absolute Gasteiger partial charge is 0.335 e. The standard InChI is InChI=1S/C27H40O8/c1-6-15(2)22(29)35-24-27-20(12-19(34-24)13-26(27)14-32-26)25(5,9-7-18-8-10-31-23(18)30)16(3)11-21(27)33-17(4)28/h6,16,18-21,23-24,30H,7-14H2,1-5H3. The molecule has 6 aliphatic rings. The number of carbonyl (C=O) groups excluding carboxylic acids is 2. The van der Waals surface area contributed by atoms with Crippen molar-refractivity contribution in [3.8, 4) is 0 Å². The molecule has 0 aromatic carbocycles. The van der Waals surface area contributed by atoms with Gasteiger partial charge in [0.15, 0.2) is 6.29 Å². The summed E-state index contributed by atoms with van der Waals surface area (Å²) in [6, 6.07) is 0. The predicted molar refractivity (Wildman–Crippen MR) is 125 cm³/mol. The summed E-state index contributed by atoms with van der Waals surface area (Å²) in [4.78, 5) is 25.3. The monoisotopic (exact) mass is 492 g/mol. The van der Waals surface area contributed by atoms with Crippen molar-refractivity contribution in [2.75, 3.05) is 13.2 Å². The van der Waals surface area contributed by atoms with Crippen LogP contribution < -0.4 is 0 Å². The fraction of sp³-hybridized carbons (Fsp3) is 0.852. The minimum absolute atomic E-state index is 0.0706. The van der Waals surface area contributed by atoms with Crippen LogP contribution >= 0.6 is 0 Å². The summed E-state index contributed by atoms with van der Waals surface area (Å²) in [7, 11) is 0. The lowest BCUT2D eigenvalue weighted by atomic mass is 9.41. The fourth-order valence-electron chi connectivity index (χ4n) is 7.84. The summed E-state index contributed by atoms with van der Waals surface area (Å²) in [5.74, 6) is -0.312. The molecule has 10 unspecified atom stereocenters. The van der Waals surface area contributed by atoms with Gasteiger partial charge in [-0.05, 0) is 63.2 Å². The first-order valence-corrected chi connectivity index (χ1v) is 13.2. The third-order valence-electron chi connectivity index (χ3n) is 10.2. The molecule has 2 saturated carbocycles. The first-order chi connectivity index (χ1) is 16.6. The van der Waals surface area contributed by atoms with Gasteiger partial charge in [-0.25, -0.2) is 4.79 Å². The van der Waals surface area contributed by atoms with Gasteiger partial charge in [-0.1, -0.05) is 19.9 Å². The van der Waals surface area contributed by atoms with Crippen molar-refractivity contribution in [3.63, 3.8) is 0 Å². The van der Waals surface area contributed by atoms with Crippen molar-refractivity contribution < 1.29 is 38.4 Å². The van der Waals surface area contributed by atoms with Gasteiger partial charge in [0, 0.05) is 24.8 Å². The van der Waals surface area contributed by atoms with Gasteiger partial charge < -0.3 is 28.8 Å². The number of hydrogen-bond donors (Lipinski definition) is 1. The summed E-state index contributed by atoms with van der Waals surface area (Å²) < 4.78 is 30.2. The van der Waals surface area contributed by atoms with Crippen LogP contribution in [-0.4, -0.2) is 60.6 Å². The van der Waals surface area contributed by atoms with Gasteiger partial charge in [-0.2, -0.15) is 0 Å². The highest BCUT2D eigenvalue weighted by atomic mass is 16.7. The predicted octanol–water partition coefficient (Wildman–Crippen LogP) is 3.50. The molecule has 2 spiro atoms. The molecule has 6 fully saturated rings. The summed E-state index contributed by atoms with van der Waals surface area (Å²) >= 11 is 0. The second-order valence-electron chi connectivity index (χ2n) is 11.8. The largest absolute Gasteiger partial charge is 0.462 e. The Morgan fingerprint density at radius 1 is 1.20 bits per heavy atom. The highest BCUT2D eigenvalue weighted by molar-refractivity contribution is 5.87. The summed E-state index contributed by atoms with van der Waals surface area (Å²) in [5.41, 5.74) is -0.922. The van der Waals surface area contributed by atoms with Crippen molar-refractivity contribution in [2.24, 2.45) is 28.6 Å². The second-order valence-corrected chi connectivity index (χ2v) is 11.8. The zero-order valence-electron chi connectivity index (χ0n) is 21.6. The van der Waals surface area contributed by atoms with E-state index in [4.69, 9.17) is 23.7 Å². The third-order valence-corrected chi connectivity index (χ3v) is 10.2. The van der Waals surface area contributed by atoms with Crippen LogP contribution in [0.25, 0.3) is 0 Å². The van der Waals surface area contributed by atoms with Crippen LogP contribution in [0, 0.1) is 28.6 Å². The molecule has 0 amide bonds. The molecule has 1 N–H and O–H groups in total. The van der Waals surface area contributed by atoms with Gasteiger partial charge in [-0.15, -0.1) is 0 Å². The molecule has 35 heavy (non-hydrogen) atoms. The maximum absolute atomic E-state index is 13.0. The van der Waals surface area contributed by atoms with Crippen LogP contribution in [0.4, 0.5) is 0 Å². The van der Waals surface area contributed by atoms with Crippen LogP contribution in [0.3, 0.4) is 0 Å². The lowest BCUT2D eigenvalue weighted by molar-refractivity contribution is -0.368. The molecule has 0 radical (unpaired) electrons. The van der Waals surface area contributed by atoms with E-state index in [0.29, 0.717) is 25.2 Å². The topological polar surface area (TPSA) is 104 Å². The fourth-order valence-corrected chi connectivity index (χ4v) is 7.84. The minimum atomic E-state index is -0.846. The summed E-state index contributed by atoms with van der Waals surface area (Å²) in [6.07, 6.45) is 4.41. The molecule has 0 aromatic rings. The summed E-state index contributed by atoms with van der Waals surface area (Å²) in [6.45, 7) is 10.7. The zero-order valence-corrected chi connectivity index (χ0v) is 21.6. The first-order valence-electron chi connectivity index (χ1n) is 13.2. The highest BCUT2D eigenvalue weighted by Crippen LogP contribution is 2.73. The van der Waals surface area contributed by atoms with E-state index in [1.807, 2.05) is 0 Å². The Morgan fingerprint density at radius 3 is 2.54 bits per heavy atom. The Morgan fingerprint density at radius 2 is 1.94 bits per heavy atom. The lowest BCUT2D eigenvalue weighted by Gasteiger charge is -2.68. The van der Waals surface area contributed by atoms with Gasteiger partial charge in [0.2, 0.25) is 6.29 Å². The first kappa shape index (κ1) is 25.2. The lowest BCUT2D eigenvalue weighted by Crippen LogP contribution is -2.75. The molecular weight excluding hydrogens is 452 g/mol. The number of esters is 2. The molecule has 196 valence electrons. The number of hydrogen-bond acceptors (Lipinski definition) is 8. The van der Waals surface area contributed by atoms with Crippen LogP contribution in [0.5, 0.6) is 0 Å². The number of allylic oxidation sites excluding steroid dienone is 1. The van der Waals surface area contributed by atoms with Gasteiger partial charge in [0.05, 0.1) is 19.3 Å². The molecule has 8 nitrogen and oxygen atoms in total. The number of fused-ring (bicyclic) bond motifs is 1. The molecule has 8 heteroatoms. The number of carbonyl (C=O) groups is 2. The van der Waals surface area contributed by atoms with E-state index in [0.717, 1.165) is 32.1 Å². The number of epoxide rings is 1. The zero-order chi connectivity index (χ0) is 25.2. The quantitative estimate of drug-likeness (QED) is 0.341. The van der Waals surface area contributed by atoms with E-state index in [-0.39, 0.29) is 35.2 Å². The van der Waals surface area contributed by atoms with Crippen LogP contribution in [-0.2, 0) is 33.3 Å². The van der Waals surface area contributed by atoms with Crippen molar-refractivity contribution in [1.82, 2.24) is 0 Å². The molecule has 4 saturated heterocycles. The highest BCUT2D eigenvalue weighted by Gasteiger charge is 2.82. The maximum atomic E-state index is 13.0. The number of rotatable bonds is 6. The molecular formula is C27H40O8. The van der Waals surface area contributed by atoms with E-state index in [9.17, 15) is 14.7 Å². The van der Waals surface area contributed by atoms with E-state index < -0.39 is 35.7 Å². The molecule has 2 bridgehead atoms. The summed E-state index contributed by atoms with van der Waals surface area (Å²) in [5, 5.41) is 10.3. The molecule has 10 atom stereocenters. The Bertz CT molecular complexity index is 896. The Labute approximate surface area is 207 Å². The van der Waals surface area contributed by atoms with Crippen LogP contribution in [0.2, 0.25) is 0 Å². The second kappa shape index (κ2) is 8.82. The van der Waals surface area contributed by atoms with Gasteiger partial charge >= 0.3 is 11.9 Å². The van der Waals surface area contributed by atoms with Crippen LogP contribution in [0.15, 0.2) is 11.6 Å². The van der Waals surface area contributed by atoms with Crippen molar-refractivity contribution in [1.29, 1.82) is 0 Å². The number of aliphatic hydroxyl groups is 1. The minimum Gasteiger partial charge on any atom is -0.462 e. The average Bonchev–Trinajstić information content (AvgIpc) is 3.44. The Balaban J connectivity index is 1.55. The van der Waals surface area contributed by atoms with E-state index in [2.05, 4.69) is 13.8 Å². The van der Waals surface area contributed by atoms with Crippen molar-refractivity contribution >= 4 is 11.9 Å². The van der Waals surface area contributed by atoms with Crippen LogP contribution in [0.1, 0.15) is 73.1 Å². The van der Waals surface area contributed by atoms with Crippen molar-refractivity contribution in [2.45, 2.75) is 104 Å². The van der Waals surface area contributed by atoms with E-state index in [1.165, 1.54) is 6.92 Å². The number of ether oxygens (including phenoxy) is 5. The average molecular weight is 493 g/mol. The van der Waals surface area contributed by atoms with Gasteiger partial charge in [0.25, 0.3) is 0 Å². The van der Waals surface area contributed by atoms with E-state index >= 15 is 0 Å². The third kappa shape index (κ3) is 3.78. The normalized spacial score (nSPS) is 48.5. The molecule has 0 aromatic heterocycles. The molecule has 6 rings (SSSR count). The van der Waals surface area contributed by atoms with Crippen molar-refractivity contribution in [3.05, 3.63) is 11.6 Å². The Hall–Kier alpha value is -1.48. The maximum Gasteiger partial charge on any atom is 0.335 e.